The van der Waals surface area contributed by atoms with Crippen molar-refractivity contribution in [3.8, 4) is 0 Å². The van der Waals surface area contributed by atoms with E-state index >= 15 is 0 Å². The van der Waals surface area contributed by atoms with Crippen molar-refractivity contribution in [1.29, 1.82) is 0 Å². The maximum absolute atomic E-state index is 13.8. The van der Waals surface area contributed by atoms with Gasteiger partial charge in [0.2, 0.25) is 0 Å². The van der Waals surface area contributed by atoms with Gasteiger partial charge in [-0.2, -0.15) is 79.0 Å². The van der Waals surface area contributed by atoms with Crippen LogP contribution in [-0.4, -0.2) is 63.7 Å². The van der Waals surface area contributed by atoms with Gasteiger partial charge in [0.1, 0.15) is 0 Å². The van der Waals surface area contributed by atoms with Crippen molar-refractivity contribution >= 4 is 23.2 Å². The third-order valence-electron chi connectivity index (χ3n) is 4.34. The molecule has 0 bridgehead atoms. The molecule has 0 saturated heterocycles. The number of rotatable bonds is 10. The molecular weight excluding hydrogens is 602 g/mol. The Morgan fingerprint density at radius 3 is 1.19 bits per heavy atom. The number of nitrogens with one attached hydrogen (secondary N) is 1. The Bertz CT molecular complexity index is 991. The first-order valence-corrected chi connectivity index (χ1v) is 8.68. The van der Waals surface area contributed by atoms with Gasteiger partial charge in [-0.1, -0.05) is 0 Å². The zero-order valence-electron chi connectivity index (χ0n) is 16.3. The van der Waals surface area contributed by atoms with Crippen molar-refractivity contribution in [2.45, 2.75) is 52.8 Å². The van der Waals surface area contributed by atoms with Gasteiger partial charge in [-0.3, -0.25) is 9.78 Å². The predicted molar refractivity (Wildman–Crippen MR) is 83.2 cm³/mol. The highest BCUT2D eigenvalue weighted by Crippen LogP contribution is 2.65. The molecule has 0 spiro atoms. The fourth-order valence-corrected chi connectivity index (χ4v) is 2.27. The van der Waals surface area contributed by atoms with Crippen LogP contribution in [0, 0.1) is 0 Å². The quantitative estimate of drug-likeness (QED) is 0.232. The van der Waals surface area contributed by atoms with Crippen LogP contribution in [0.15, 0.2) is 24.5 Å². The van der Waals surface area contributed by atoms with Crippen molar-refractivity contribution in [3.05, 3.63) is 24.5 Å². The monoisotopic (exact) mass is 606 g/mol. The molecule has 0 aliphatic heterocycles. The highest BCUT2D eigenvalue weighted by Gasteiger charge is 2.96. The fourth-order valence-electron chi connectivity index (χ4n) is 2.15. The molecule has 1 aromatic rings. The normalized spacial score (nSPS) is 15.5. The van der Waals surface area contributed by atoms with Gasteiger partial charge in [-0.15, -0.1) is 0 Å². The van der Waals surface area contributed by atoms with Crippen molar-refractivity contribution < 1.29 is 83.8 Å². The van der Waals surface area contributed by atoms with Crippen LogP contribution in [0.4, 0.5) is 84.7 Å². The van der Waals surface area contributed by atoms with Gasteiger partial charge in [-0.05, 0) is 23.7 Å². The summed E-state index contributed by atoms with van der Waals surface area (Å²) in [6.45, 7) is 0. The van der Waals surface area contributed by atoms with Crippen LogP contribution in [0.5, 0.6) is 0 Å². The molecule has 0 fully saturated rings. The number of amides is 1. The lowest BCUT2D eigenvalue weighted by molar-refractivity contribution is -0.456. The van der Waals surface area contributed by atoms with E-state index < -0.39 is 64.4 Å². The van der Waals surface area contributed by atoms with Crippen molar-refractivity contribution in [1.82, 2.24) is 4.98 Å². The van der Waals surface area contributed by atoms with Crippen molar-refractivity contribution in [3.63, 3.8) is 0 Å². The molecule has 1 rings (SSSR count). The third-order valence-corrected chi connectivity index (χ3v) is 4.58. The van der Waals surface area contributed by atoms with Crippen LogP contribution in [0.25, 0.3) is 0 Å². The standard InChI is InChI=1S/C15H5ClF18N2O/c16-15(33,34)14(31,32)13(29,30)12(27,28)11(25,26)10(23,24)9(21,22)8(19,20)7(17,18)6(37)36-5-1-3-35-4-2-5/h1-4H,(H,35,36,37). The lowest BCUT2D eigenvalue weighted by Crippen LogP contribution is -2.76. The van der Waals surface area contributed by atoms with E-state index in [9.17, 15) is 83.8 Å². The molecule has 0 unspecified atom stereocenters. The second-order valence-corrected chi connectivity index (χ2v) is 7.26. The molecule has 1 amide bonds. The van der Waals surface area contributed by atoms with Crippen molar-refractivity contribution in [2.75, 3.05) is 5.32 Å². The number of aromatic nitrogens is 1. The molecule has 1 heterocycles. The minimum Gasteiger partial charge on any atom is -0.321 e. The van der Waals surface area contributed by atoms with E-state index in [0.717, 1.165) is 0 Å². The Hall–Kier alpha value is -2.35. The van der Waals surface area contributed by atoms with Crippen LogP contribution in [0.1, 0.15) is 0 Å². The number of carbonyl (C=O) groups is 1. The molecule has 0 aliphatic rings. The van der Waals surface area contributed by atoms with Crippen LogP contribution in [0.3, 0.4) is 0 Å². The van der Waals surface area contributed by atoms with Gasteiger partial charge in [0.15, 0.2) is 0 Å². The van der Waals surface area contributed by atoms with E-state index in [2.05, 4.69) is 16.6 Å². The lowest BCUT2D eigenvalue weighted by atomic mass is 9.87. The summed E-state index contributed by atoms with van der Waals surface area (Å²) in [7, 11) is 0. The molecule has 0 aliphatic carbocycles. The molecule has 37 heavy (non-hydrogen) atoms. The van der Waals surface area contributed by atoms with Gasteiger partial charge >= 0.3 is 58.7 Å². The second-order valence-electron chi connectivity index (χ2n) is 6.78. The van der Waals surface area contributed by atoms with Crippen LogP contribution >= 0.6 is 11.6 Å². The predicted octanol–water partition coefficient (Wildman–Crippen LogP) is 6.93. The van der Waals surface area contributed by atoms with Gasteiger partial charge in [-0.25, -0.2) is 0 Å². The summed E-state index contributed by atoms with van der Waals surface area (Å²) in [6.07, 6.45) is 1.27. The molecule has 0 aromatic carbocycles. The molecule has 0 saturated carbocycles. The molecular formula is C15H5ClF18N2O. The summed E-state index contributed by atoms with van der Waals surface area (Å²) in [5.74, 6) is -70.9. The number of hydrogen-bond acceptors (Lipinski definition) is 2. The Labute approximate surface area is 195 Å². The topological polar surface area (TPSA) is 42.0 Å². The highest BCUT2D eigenvalue weighted by atomic mass is 35.5. The minimum atomic E-state index is -8.93. The number of halogens is 19. The molecule has 0 radical (unpaired) electrons. The zero-order valence-corrected chi connectivity index (χ0v) is 17.1. The van der Waals surface area contributed by atoms with Gasteiger partial charge in [0.25, 0.3) is 0 Å². The largest absolute Gasteiger partial charge is 0.393 e. The first kappa shape index (κ1) is 32.7. The van der Waals surface area contributed by atoms with E-state index in [-0.39, 0.29) is 0 Å². The summed E-state index contributed by atoms with van der Waals surface area (Å²) in [6, 6.07) is 0.977. The van der Waals surface area contributed by atoms with Crippen LogP contribution in [-0.2, 0) is 4.79 Å². The molecule has 3 nitrogen and oxygen atoms in total. The molecule has 22 heteroatoms. The summed E-state index contributed by atoms with van der Waals surface area (Å²) in [5, 5.41) is -6.27. The fraction of sp³-hybridized carbons (Fsp3) is 0.600. The maximum Gasteiger partial charge on any atom is 0.393 e. The third kappa shape index (κ3) is 4.39. The number of anilines is 1. The average Bonchev–Trinajstić information content (AvgIpc) is 2.72. The Morgan fingerprint density at radius 1 is 0.568 bits per heavy atom. The molecule has 214 valence electrons. The number of carbonyl (C=O) groups excluding carboxylic acids is 1. The van der Waals surface area contributed by atoms with Gasteiger partial charge in [0, 0.05) is 18.1 Å². The summed E-state index contributed by atoms with van der Waals surface area (Å²) in [5.41, 5.74) is -0.994. The van der Waals surface area contributed by atoms with E-state index in [1.54, 1.807) is 0 Å². The Kier molecular flexibility index (Phi) is 7.82. The van der Waals surface area contributed by atoms with Gasteiger partial charge < -0.3 is 5.32 Å². The first-order valence-electron chi connectivity index (χ1n) is 8.31. The first-order chi connectivity index (χ1) is 16.0. The summed E-state index contributed by atoms with van der Waals surface area (Å²) < 4.78 is 241. The summed E-state index contributed by atoms with van der Waals surface area (Å²) in [4.78, 5) is 14.5. The number of hydrogen-bond donors (Lipinski definition) is 1. The second kappa shape index (κ2) is 8.85. The highest BCUT2D eigenvalue weighted by molar-refractivity contribution is 6.22. The maximum atomic E-state index is 13.8. The van der Waals surface area contributed by atoms with Crippen molar-refractivity contribution in [2.24, 2.45) is 0 Å². The number of nitrogens with zero attached hydrogens (tertiary/aromatic N) is 1. The van der Waals surface area contributed by atoms with E-state index in [1.807, 2.05) is 0 Å². The Balaban J connectivity index is 3.65. The zero-order chi connectivity index (χ0) is 29.9. The van der Waals surface area contributed by atoms with Crippen LogP contribution < -0.4 is 5.32 Å². The Morgan fingerprint density at radius 2 is 0.865 bits per heavy atom. The number of pyridine rings is 1. The smallest absolute Gasteiger partial charge is 0.321 e. The molecule has 0 atom stereocenters. The van der Waals surface area contributed by atoms with Crippen LogP contribution in [0.2, 0.25) is 0 Å². The molecule has 1 aromatic heterocycles. The summed E-state index contributed by atoms with van der Waals surface area (Å²) >= 11 is 3.36. The van der Waals surface area contributed by atoms with E-state index in [4.69, 9.17) is 0 Å². The molecule has 1 N–H and O–H groups in total. The van der Waals surface area contributed by atoms with E-state index in [1.165, 1.54) is 0 Å². The number of alkyl halides is 19. The average molecular weight is 607 g/mol. The van der Waals surface area contributed by atoms with Gasteiger partial charge in [0.05, 0.1) is 0 Å². The lowest BCUT2D eigenvalue weighted by Gasteiger charge is -2.43. The van der Waals surface area contributed by atoms with E-state index in [0.29, 0.717) is 29.8 Å². The minimum absolute atomic E-state index is 0.489. The SMILES string of the molecule is O=C(Nc1ccncc1)C(F)(F)C(F)(F)C(F)(F)C(F)(F)C(F)(F)C(F)(F)C(F)(F)C(F)(F)C(F)(F)Cl.